The molecule has 0 N–H and O–H groups in total. The van der Waals surface area contributed by atoms with E-state index in [1.54, 1.807) is 20.8 Å². The van der Waals surface area contributed by atoms with Crippen LogP contribution >= 0.6 is 0 Å². The lowest BCUT2D eigenvalue weighted by atomic mass is 9.83. The first-order valence-corrected chi connectivity index (χ1v) is 6.85. The zero-order chi connectivity index (χ0) is 16.0. The molecule has 2 heterocycles. The van der Waals surface area contributed by atoms with E-state index in [4.69, 9.17) is 4.74 Å². The van der Waals surface area contributed by atoms with Gasteiger partial charge in [0.25, 0.3) is 0 Å². The van der Waals surface area contributed by atoms with Crippen LogP contribution in [0.5, 0.6) is 0 Å². The van der Waals surface area contributed by atoms with E-state index < -0.39 is 23.8 Å². The first-order valence-electron chi connectivity index (χ1n) is 6.85. The highest BCUT2D eigenvalue weighted by atomic mass is 19.4. The lowest BCUT2D eigenvalue weighted by molar-refractivity contribution is -0.190. The van der Waals surface area contributed by atoms with Crippen LogP contribution in [0, 0.1) is 5.92 Å². The zero-order valence-corrected chi connectivity index (χ0v) is 12.2. The van der Waals surface area contributed by atoms with E-state index >= 15 is 0 Å². The molecule has 0 aromatic rings. The summed E-state index contributed by atoms with van der Waals surface area (Å²) < 4.78 is 42.4. The number of rotatable bonds is 0. The average molecular weight is 308 g/mol. The molecule has 2 aliphatic heterocycles. The molecule has 120 valence electrons. The summed E-state index contributed by atoms with van der Waals surface area (Å²) in [6.07, 6.45) is -4.92. The summed E-state index contributed by atoms with van der Waals surface area (Å²) in [5.74, 6) is -1.89. The van der Waals surface area contributed by atoms with Gasteiger partial charge in [0.05, 0.1) is 0 Å². The Morgan fingerprint density at radius 2 is 1.76 bits per heavy atom. The second-order valence-corrected chi connectivity index (χ2v) is 6.50. The third kappa shape index (κ3) is 3.41. The molecule has 2 aliphatic rings. The number of carbonyl (C=O) groups excluding carboxylic acids is 2. The summed E-state index contributed by atoms with van der Waals surface area (Å²) >= 11 is 0. The first-order chi connectivity index (χ1) is 9.49. The number of amides is 2. The van der Waals surface area contributed by atoms with Gasteiger partial charge in [0, 0.05) is 31.6 Å². The van der Waals surface area contributed by atoms with Gasteiger partial charge in [0.15, 0.2) is 0 Å². The van der Waals surface area contributed by atoms with E-state index in [0.29, 0.717) is 13.0 Å². The molecule has 0 bridgehead atoms. The van der Waals surface area contributed by atoms with Crippen molar-refractivity contribution in [1.29, 1.82) is 0 Å². The van der Waals surface area contributed by atoms with Gasteiger partial charge < -0.3 is 14.5 Å². The van der Waals surface area contributed by atoms with Crippen LogP contribution < -0.4 is 0 Å². The van der Waals surface area contributed by atoms with Crippen molar-refractivity contribution in [3.05, 3.63) is 0 Å². The molecule has 0 aromatic carbocycles. The van der Waals surface area contributed by atoms with Gasteiger partial charge in [-0.3, -0.25) is 4.79 Å². The third-order valence-corrected chi connectivity index (χ3v) is 3.68. The minimum absolute atomic E-state index is 0.0127. The zero-order valence-electron chi connectivity index (χ0n) is 12.2. The fraction of sp³-hybridized carbons (Fsp3) is 0.846. The minimum atomic E-state index is -4.83. The van der Waals surface area contributed by atoms with Crippen LogP contribution in [0.1, 0.15) is 27.2 Å². The van der Waals surface area contributed by atoms with Crippen LogP contribution in [0.3, 0.4) is 0 Å². The Kier molecular flexibility index (Phi) is 3.84. The van der Waals surface area contributed by atoms with E-state index in [1.165, 1.54) is 4.90 Å². The van der Waals surface area contributed by atoms with E-state index in [-0.39, 0.29) is 25.0 Å². The fourth-order valence-electron chi connectivity index (χ4n) is 2.75. The van der Waals surface area contributed by atoms with Gasteiger partial charge in [-0.05, 0) is 27.2 Å². The van der Waals surface area contributed by atoms with Crippen molar-refractivity contribution >= 4 is 12.0 Å². The van der Waals surface area contributed by atoms with Crippen molar-refractivity contribution in [2.45, 2.75) is 45.0 Å². The van der Waals surface area contributed by atoms with Gasteiger partial charge >= 0.3 is 18.2 Å². The Morgan fingerprint density at radius 1 is 1.14 bits per heavy atom. The summed E-state index contributed by atoms with van der Waals surface area (Å²) in [5, 5.41) is 0. The number of hydrogen-bond acceptors (Lipinski definition) is 3. The number of hydrogen-bond donors (Lipinski definition) is 0. The van der Waals surface area contributed by atoms with E-state index in [9.17, 15) is 22.8 Å². The molecule has 0 aromatic heterocycles. The lowest BCUT2D eigenvalue weighted by Gasteiger charge is -2.52. The number of nitrogens with zero attached hydrogens (tertiary/aromatic N) is 2. The number of fused-ring (bicyclic) bond motifs is 1. The van der Waals surface area contributed by atoms with Crippen LogP contribution in [0.4, 0.5) is 18.0 Å². The van der Waals surface area contributed by atoms with Crippen LogP contribution in [0.2, 0.25) is 0 Å². The Bertz CT molecular complexity index is 445. The number of carbonyl (C=O) groups is 2. The molecule has 0 saturated carbocycles. The minimum Gasteiger partial charge on any atom is -0.444 e. The van der Waals surface area contributed by atoms with Crippen molar-refractivity contribution in [3.8, 4) is 0 Å². The predicted octanol–water partition coefficient (Wildman–Crippen LogP) is 2.02. The number of halogens is 3. The molecule has 5 nitrogen and oxygen atoms in total. The van der Waals surface area contributed by atoms with Crippen LogP contribution in [0.15, 0.2) is 0 Å². The summed E-state index contributed by atoms with van der Waals surface area (Å²) in [4.78, 5) is 25.5. The molecule has 2 fully saturated rings. The SMILES string of the molecule is CC(C)(C)OC(=O)N1CC2CN(C(=O)C(F)(F)F)CCC21. The molecule has 2 saturated heterocycles. The van der Waals surface area contributed by atoms with E-state index in [1.807, 2.05) is 0 Å². The van der Waals surface area contributed by atoms with Crippen molar-refractivity contribution in [2.75, 3.05) is 19.6 Å². The van der Waals surface area contributed by atoms with E-state index in [0.717, 1.165) is 4.90 Å². The molecule has 2 atom stereocenters. The number of ether oxygens (including phenoxy) is 1. The molecular weight excluding hydrogens is 289 g/mol. The largest absolute Gasteiger partial charge is 0.471 e. The summed E-state index contributed by atoms with van der Waals surface area (Å²) in [5.41, 5.74) is -0.602. The summed E-state index contributed by atoms with van der Waals surface area (Å²) in [7, 11) is 0. The molecule has 0 aliphatic carbocycles. The smallest absolute Gasteiger partial charge is 0.444 e. The second-order valence-electron chi connectivity index (χ2n) is 6.50. The van der Waals surface area contributed by atoms with Crippen LogP contribution in [-0.4, -0.2) is 59.3 Å². The van der Waals surface area contributed by atoms with Gasteiger partial charge in [-0.1, -0.05) is 0 Å². The van der Waals surface area contributed by atoms with Crippen LogP contribution in [0.25, 0.3) is 0 Å². The van der Waals surface area contributed by atoms with Crippen molar-refractivity contribution in [3.63, 3.8) is 0 Å². The lowest BCUT2D eigenvalue weighted by Crippen LogP contribution is -2.66. The van der Waals surface area contributed by atoms with Gasteiger partial charge in [-0.2, -0.15) is 13.2 Å². The molecular formula is C13H19F3N2O3. The standard InChI is InChI=1S/C13H19F3N2O3/c1-12(2,3)21-11(20)18-7-8-6-17(5-4-9(8)18)10(19)13(14,15)16/h8-9H,4-7H2,1-3H3. The maximum absolute atomic E-state index is 12.4. The highest BCUT2D eigenvalue weighted by Gasteiger charge is 2.50. The van der Waals surface area contributed by atoms with Gasteiger partial charge in [0.1, 0.15) is 5.60 Å². The highest BCUT2D eigenvalue weighted by molar-refractivity contribution is 5.82. The predicted molar refractivity (Wildman–Crippen MR) is 67.5 cm³/mol. The third-order valence-electron chi connectivity index (χ3n) is 3.68. The molecule has 21 heavy (non-hydrogen) atoms. The maximum Gasteiger partial charge on any atom is 0.471 e. The number of likely N-dealkylation sites (tertiary alicyclic amines) is 2. The highest BCUT2D eigenvalue weighted by Crippen LogP contribution is 2.34. The summed E-state index contributed by atoms with van der Waals surface area (Å²) in [6.45, 7) is 5.66. The maximum atomic E-state index is 12.4. The monoisotopic (exact) mass is 308 g/mol. The quantitative estimate of drug-likeness (QED) is 0.688. The first kappa shape index (κ1) is 15.9. The van der Waals surface area contributed by atoms with Crippen molar-refractivity contribution in [1.82, 2.24) is 9.80 Å². The molecule has 8 heteroatoms. The molecule has 2 unspecified atom stereocenters. The van der Waals surface area contributed by atoms with Crippen LogP contribution in [-0.2, 0) is 9.53 Å². The Morgan fingerprint density at radius 3 is 2.24 bits per heavy atom. The summed E-state index contributed by atoms with van der Waals surface area (Å²) in [6, 6.07) is -0.128. The second kappa shape index (κ2) is 5.06. The van der Waals surface area contributed by atoms with Gasteiger partial charge in [-0.25, -0.2) is 4.79 Å². The molecule has 2 rings (SSSR count). The average Bonchev–Trinajstić information content (AvgIpc) is 2.26. The van der Waals surface area contributed by atoms with Crippen molar-refractivity contribution < 1.29 is 27.5 Å². The van der Waals surface area contributed by atoms with Crippen molar-refractivity contribution in [2.24, 2.45) is 5.92 Å². The van der Waals surface area contributed by atoms with Gasteiger partial charge in [0.2, 0.25) is 0 Å². The Balaban J connectivity index is 1.90. The molecule has 0 radical (unpaired) electrons. The Hall–Kier alpha value is -1.47. The topological polar surface area (TPSA) is 49.9 Å². The normalized spacial score (nSPS) is 26.0. The number of alkyl halides is 3. The van der Waals surface area contributed by atoms with E-state index in [2.05, 4.69) is 0 Å². The fourth-order valence-corrected chi connectivity index (χ4v) is 2.75. The Labute approximate surface area is 121 Å². The van der Waals surface area contributed by atoms with Gasteiger partial charge in [-0.15, -0.1) is 0 Å². The number of piperidine rings is 1. The molecule has 0 spiro atoms. The molecule has 2 amide bonds.